The third kappa shape index (κ3) is 3.15. The van der Waals surface area contributed by atoms with Crippen LogP contribution in [0, 0.1) is 0 Å². The van der Waals surface area contributed by atoms with E-state index in [1.165, 1.54) is 0 Å². The lowest BCUT2D eigenvalue weighted by Crippen LogP contribution is -2.21. The molecule has 0 amide bonds. The van der Waals surface area contributed by atoms with Crippen molar-refractivity contribution in [2.24, 2.45) is 0 Å². The van der Waals surface area contributed by atoms with Gasteiger partial charge in [-0.15, -0.1) is 0 Å². The highest BCUT2D eigenvalue weighted by Gasteiger charge is 2.29. The molecule has 2 nitrogen and oxygen atoms in total. The van der Waals surface area contributed by atoms with Crippen molar-refractivity contribution in [3.8, 4) is 0 Å². The quantitative estimate of drug-likeness (QED) is 0.776. The SMILES string of the molecule is CCC(C)OP(=O)(c1ccccc1)c1ccccc1. The van der Waals surface area contributed by atoms with Gasteiger partial charge in [-0.05, 0) is 37.6 Å². The summed E-state index contributed by atoms with van der Waals surface area (Å²) in [4.78, 5) is 0. The molecule has 0 spiro atoms. The van der Waals surface area contributed by atoms with Crippen molar-refractivity contribution in [1.82, 2.24) is 0 Å². The van der Waals surface area contributed by atoms with Gasteiger partial charge in [-0.2, -0.15) is 0 Å². The molecule has 0 N–H and O–H groups in total. The Morgan fingerprint density at radius 1 is 0.947 bits per heavy atom. The van der Waals surface area contributed by atoms with E-state index in [4.69, 9.17) is 4.52 Å². The standard InChI is InChI=1S/C16H19O2P/c1-3-14(2)18-19(17,15-10-6-4-7-11-15)16-12-8-5-9-13-16/h4-14H,3H2,1-2H3. The maximum absolute atomic E-state index is 13.4. The van der Waals surface area contributed by atoms with E-state index in [9.17, 15) is 4.57 Å². The minimum Gasteiger partial charge on any atom is -0.319 e. The summed E-state index contributed by atoms with van der Waals surface area (Å²) in [5, 5.41) is 1.50. The molecule has 0 radical (unpaired) electrons. The smallest absolute Gasteiger partial charge is 0.261 e. The summed E-state index contributed by atoms with van der Waals surface area (Å²) in [6, 6.07) is 18.9. The van der Waals surface area contributed by atoms with Crippen molar-refractivity contribution < 1.29 is 9.09 Å². The molecule has 0 bridgehead atoms. The fraction of sp³-hybridized carbons (Fsp3) is 0.250. The van der Waals surface area contributed by atoms with Gasteiger partial charge in [-0.25, -0.2) is 0 Å². The number of benzene rings is 2. The van der Waals surface area contributed by atoms with Crippen LogP contribution >= 0.6 is 7.37 Å². The van der Waals surface area contributed by atoms with Gasteiger partial charge in [-0.3, -0.25) is 4.57 Å². The molecule has 1 atom stereocenters. The maximum Gasteiger partial charge on any atom is 0.261 e. The molecule has 0 fully saturated rings. The molecule has 0 aliphatic heterocycles. The first-order valence-corrected chi connectivity index (χ1v) is 8.19. The zero-order valence-electron chi connectivity index (χ0n) is 11.3. The molecule has 0 saturated heterocycles. The Morgan fingerprint density at radius 3 is 1.74 bits per heavy atom. The average Bonchev–Trinajstić information content (AvgIpc) is 2.48. The van der Waals surface area contributed by atoms with Gasteiger partial charge < -0.3 is 4.52 Å². The molecular weight excluding hydrogens is 255 g/mol. The molecule has 2 rings (SSSR count). The van der Waals surface area contributed by atoms with Crippen LogP contribution in [0.3, 0.4) is 0 Å². The Hall–Kier alpha value is -1.37. The van der Waals surface area contributed by atoms with E-state index in [-0.39, 0.29) is 6.10 Å². The summed E-state index contributed by atoms with van der Waals surface area (Å²) in [5.74, 6) is 0. The molecule has 19 heavy (non-hydrogen) atoms. The summed E-state index contributed by atoms with van der Waals surface area (Å²) in [6.45, 7) is 3.99. The highest BCUT2D eigenvalue weighted by molar-refractivity contribution is 7.74. The predicted octanol–water partition coefficient (Wildman–Crippen LogP) is 3.73. The Balaban J connectivity index is 2.48. The molecule has 0 saturated carbocycles. The number of hydrogen-bond acceptors (Lipinski definition) is 2. The van der Waals surface area contributed by atoms with Crippen LogP contribution in [0.1, 0.15) is 20.3 Å². The Bertz CT molecular complexity index is 508. The first-order chi connectivity index (χ1) is 9.16. The molecule has 0 aliphatic carbocycles. The molecule has 0 aromatic heterocycles. The Labute approximate surface area is 114 Å². The van der Waals surface area contributed by atoms with Crippen LogP contribution in [0.2, 0.25) is 0 Å². The lowest BCUT2D eigenvalue weighted by molar-refractivity contribution is 0.228. The minimum atomic E-state index is -3.00. The van der Waals surface area contributed by atoms with Crippen LogP contribution in [0.4, 0.5) is 0 Å². The van der Waals surface area contributed by atoms with Crippen LogP contribution in [0.15, 0.2) is 60.7 Å². The molecule has 2 aromatic rings. The first kappa shape index (κ1) is 14.0. The minimum absolute atomic E-state index is 0.0359. The van der Waals surface area contributed by atoms with Crippen LogP contribution < -0.4 is 10.6 Å². The topological polar surface area (TPSA) is 26.3 Å². The van der Waals surface area contributed by atoms with Gasteiger partial charge in [0.15, 0.2) is 0 Å². The molecular formula is C16H19O2P. The van der Waals surface area contributed by atoms with Gasteiger partial charge >= 0.3 is 0 Å². The maximum atomic E-state index is 13.4. The van der Waals surface area contributed by atoms with Gasteiger partial charge in [0.1, 0.15) is 0 Å². The average molecular weight is 274 g/mol. The molecule has 0 aliphatic rings. The third-order valence-corrected chi connectivity index (χ3v) is 5.71. The van der Waals surface area contributed by atoms with Crippen molar-refractivity contribution in [3.63, 3.8) is 0 Å². The van der Waals surface area contributed by atoms with Gasteiger partial charge in [-0.1, -0.05) is 43.3 Å². The van der Waals surface area contributed by atoms with Crippen molar-refractivity contribution in [1.29, 1.82) is 0 Å². The van der Waals surface area contributed by atoms with E-state index in [0.29, 0.717) is 0 Å². The van der Waals surface area contributed by atoms with E-state index < -0.39 is 7.37 Å². The van der Waals surface area contributed by atoms with E-state index in [1.807, 2.05) is 74.5 Å². The first-order valence-electron chi connectivity index (χ1n) is 6.56. The van der Waals surface area contributed by atoms with E-state index in [1.54, 1.807) is 0 Å². The highest BCUT2D eigenvalue weighted by Crippen LogP contribution is 2.46. The number of rotatable bonds is 5. The van der Waals surface area contributed by atoms with Crippen molar-refractivity contribution in [2.75, 3.05) is 0 Å². The highest BCUT2D eigenvalue weighted by atomic mass is 31.2. The normalized spacial score (nSPS) is 13.2. The second-order valence-corrected chi connectivity index (χ2v) is 6.89. The van der Waals surface area contributed by atoms with Gasteiger partial charge in [0.2, 0.25) is 0 Å². The second kappa shape index (κ2) is 6.18. The van der Waals surface area contributed by atoms with Crippen LogP contribution in [-0.2, 0) is 9.09 Å². The molecule has 1 unspecified atom stereocenters. The summed E-state index contributed by atoms with van der Waals surface area (Å²) in [7, 11) is -3.00. The van der Waals surface area contributed by atoms with Crippen molar-refractivity contribution in [2.45, 2.75) is 26.4 Å². The lowest BCUT2D eigenvalue weighted by Gasteiger charge is -2.22. The molecule has 3 heteroatoms. The summed E-state index contributed by atoms with van der Waals surface area (Å²) < 4.78 is 19.3. The zero-order chi connectivity index (χ0) is 13.7. The van der Waals surface area contributed by atoms with Gasteiger partial charge in [0, 0.05) is 10.6 Å². The van der Waals surface area contributed by atoms with Crippen molar-refractivity contribution in [3.05, 3.63) is 60.7 Å². The van der Waals surface area contributed by atoms with E-state index in [2.05, 4.69) is 0 Å². The predicted molar refractivity (Wildman–Crippen MR) is 80.6 cm³/mol. The summed E-state index contributed by atoms with van der Waals surface area (Å²) in [6.07, 6.45) is 0.801. The van der Waals surface area contributed by atoms with Gasteiger partial charge in [0.05, 0.1) is 6.10 Å². The number of hydrogen-bond donors (Lipinski definition) is 0. The molecule has 100 valence electrons. The van der Waals surface area contributed by atoms with Crippen LogP contribution in [-0.4, -0.2) is 6.10 Å². The van der Waals surface area contributed by atoms with Gasteiger partial charge in [0.25, 0.3) is 7.37 Å². The fourth-order valence-corrected chi connectivity index (χ4v) is 4.17. The Kier molecular flexibility index (Phi) is 4.57. The van der Waals surface area contributed by atoms with E-state index in [0.717, 1.165) is 17.0 Å². The summed E-state index contributed by atoms with van der Waals surface area (Å²) in [5.41, 5.74) is 0. The zero-order valence-corrected chi connectivity index (χ0v) is 12.2. The summed E-state index contributed by atoms with van der Waals surface area (Å²) >= 11 is 0. The van der Waals surface area contributed by atoms with Crippen LogP contribution in [0.25, 0.3) is 0 Å². The van der Waals surface area contributed by atoms with Crippen LogP contribution in [0.5, 0.6) is 0 Å². The second-order valence-electron chi connectivity index (χ2n) is 4.55. The molecule has 2 aromatic carbocycles. The largest absolute Gasteiger partial charge is 0.319 e. The fourth-order valence-electron chi connectivity index (χ4n) is 1.85. The van der Waals surface area contributed by atoms with Crippen molar-refractivity contribution >= 4 is 18.0 Å². The van der Waals surface area contributed by atoms with E-state index >= 15 is 0 Å². The third-order valence-electron chi connectivity index (χ3n) is 3.10. The monoisotopic (exact) mass is 274 g/mol. The Morgan fingerprint density at radius 2 is 1.37 bits per heavy atom. The molecule has 0 heterocycles. The lowest BCUT2D eigenvalue weighted by atomic mass is 10.3.